The Morgan fingerprint density at radius 2 is 1.81 bits per heavy atom. The van der Waals surface area contributed by atoms with Crippen LogP contribution in [-0.2, 0) is 11.4 Å². The highest BCUT2D eigenvalue weighted by Crippen LogP contribution is 2.38. The Kier molecular flexibility index (Phi) is 8.96. The number of nitrogens with one attached hydrogen (secondary N) is 1. The highest BCUT2D eigenvalue weighted by molar-refractivity contribution is 9.10. The van der Waals surface area contributed by atoms with Crippen LogP contribution in [0.4, 0.5) is 11.4 Å². The number of ether oxygens (including phenoxy) is 2. The van der Waals surface area contributed by atoms with Gasteiger partial charge in [-0.05, 0) is 88.6 Å². The van der Waals surface area contributed by atoms with Crippen molar-refractivity contribution in [3.8, 4) is 17.6 Å². The second-order valence-electron chi connectivity index (χ2n) is 7.48. The zero-order valence-electron chi connectivity index (χ0n) is 19.4. The molecule has 10 nitrogen and oxygen atoms in total. The van der Waals surface area contributed by atoms with E-state index in [0.29, 0.717) is 39.4 Å². The number of nitro benzene ring substituents is 1. The molecular weight excluding hydrogens is 546 g/mol. The highest BCUT2D eigenvalue weighted by atomic mass is 79.9. The molecule has 0 spiro atoms. The number of nitriles is 1. The first-order valence-electron chi connectivity index (χ1n) is 10.8. The highest BCUT2D eigenvalue weighted by Gasteiger charge is 2.15. The van der Waals surface area contributed by atoms with E-state index in [9.17, 15) is 25.0 Å². The van der Waals surface area contributed by atoms with Gasteiger partial charge in [0.25, 0.3) is 11.6 Å². The number of carbonyl (C=O) groups excluding carboxylic acids is 1. The molecule has 0 aromatic heterocycles. The van der Waals surface area contributed by atoms with Gasteiger partial charge in [0.05, 0.1) is 21.6 Å². The average Bonchev–Trinajstić information content (AvgIpc) is 2.87. The number of hydrogen-bond donors (Lipinski definition) is 2. The molecule has 0 atom stereocenters. The standard InChI is InChI=1S/C26H20BrN3O7/c1-2-36-23-13-17(11-19(14-28)25(31)29-20-7-5-18(6-8-20)26(32)33)12-22(27)24(23)37-15-16-3-9-21(10-4-16)30(34)35/h3-13H,2,15H2,1H3,(H,29,31)(H,32,33)/b19-11+. The number of benzene rings is 3. The minimum Gasteiger partial charge on any atom is -0.490 e. The molecule has 0 aliphatic carbocycles. The monoisotopic (exact) mass is 565 g/mol. The predicted octanol–water partition coefficient (Wildman–Crippen LogP) is 5.58. The minimum absolute atomic E-state index is 0.0225. The summed E-state index contributed by atoms with van der Waals surface area (Å²) in [7, 11) is 0. The van der Waals surface area contributed by atoms with Gasteiger partial charge < -0.3 is 19.9 Å². The number of halogens is 1. The molecule has 0 saturated carbocycles. The molecule has 0 fully saturated rings. The Labute approximate surface area is 220 Å². The zero-order valence-corrected chi connectivity index (χ0v) is 21.0. The number of nitrogens with zero attached hydrogens (tertiary/aromatic N) is 2. The average molecular weight is 566 g/mol. The van der Waals surface area contributed by atoms with E-state index >= 15 is 0 Å². The normalized spacial score (nSPS) is 10.8. The number of anilines is 1. The molecule has 0 heterocycles. The molecule has 3 rings (SSSR count). The largest absolute Gasteiger partial charge is 0.490 e. The molecule has 1 amide bonds. The van der Waals surface area contributed by atoms with Gasteiger partial charge in [-0.25, -0.2) is 4.79 Å². The van der Waals surface area contributed by atoms with E-state index in [1.165, 1.54) is 42.5 Å². The summed E-state index contributed by atoms with van der Waals surface area (Å²) in [6.07, 6.45) is 1.38. The summed E-state index contributed by atoms with van der Waals surface area (Å²) in [4.78, 5) is 34.0. The molecular formula is C26H20BrN3O7. The Morgan fingerprint density at radius 1 is 1.14 bits per heavy atom. The first kappa shape index (κ1) is 26.9. The molecule has 3 aromatic rings. The number of non-ortho nitro benzene ring substituents is 1. The van der Waals surface area contributed by atoms with Crippen LogP contribution in [0.5, 0.6) is 11.5 Å². The van der Waals surface area contributed by atoms with Crippen LogP contribution in [0.3, 0.4) is 0 Å². The van der Waals surface area contributed by atoms with Crippen molar-refractivity contribution in [3.05, 3.63) is 97.5 Å². The van der Waals surface area contributed by atoms with Gasteiger partial charge in [-0.15, -0.1) is 0 Å². The third-order valence-electron chi connectivity index (χ3n) is 4.93. The van der Waals surface area contributed by atoms with Gasteiger partial charge in [0.15, 0.2) is 11.5 Å². The maximum Gasteiger partial charge on any atom is 0.335 e. The molecule has 2 N–H and O–H groups in total. The minimum atomic E-state index is -1.09. The second kappa shape index (κ2) is 12.3. The van der Waals surface area contributed by atoms with Crippen molar-refractivity contribution >= 4 is 45.3 Å². The van der Waals surface area contributed by atoms with Gasteiger partial charge in [-0.3, -0.25) is 14.9 Å². The van der Waals surface area contributed by atoms with E-state index in [1.54, 1.807) is 31.2 Å². The lowest BCUT2D eigenvalue weighted by Gasteiger charge is -2.15. The number of carbonyl (C=O) groups is 2. The van der Waals surface area contributed by atoms with Crippen LogP contribution in [0.1, 0.15) is 28.4 Å². The van der Waals surface area contributed by atoms with Gasteiger partial charge in [0, 0.05) is 17.8 Å². The quantitative estimate of drug-likeness (QED) is 0.140. The van der Waals surface area contributed by atoms with Gasteiger partial charge in [-0.2, -0.15) is 5.26 Å². The third kappa shape index (κ3) is 7.16. The van der Waals surface area contributed by atoms with Crippen molar-refractivity contribution in [3.63, 3.8) is 0 Å². The fraction of sp³-hybridized carbons (Fsp3) is 0.115. The van der Waals surface area contributed by atoms with Crippen molar-refractivity contribution in [2.45, 2.75) is 13.5 Å². The number of carboxylic acids is 1. The maximum atomic E-state index is 12.6. The number of nitro groups is 1. The Hall–Kier alpha value is -4.69. The first-order chi connectivity index (χ1) is 17.7. The third-order valence-corrected chi connectivity index (χ3v) is 5.52. The molecule has 0 bridgehead atoms. The number of carboxylic acid groups (broad SMARTS) is 1. The van der Waals surface area contributed by atoms with Crippen LogP contribution in [0, 0.1) is 21.4 Å². The van der Waals surface area contributed by atoms with Crippen LogP contribution in [-0.4, -0.2) is 28.5 Å². The predicted molar refractivity (Wildman–Crippen MR) is 138 cm³/mol. The Morgan fingerprint density at radius 3 is 2.38 bits per heavy atom. The Bertz CT molecular complexity index is 1400. The molecule has 0 radical (unpaired) electrons. The summed E-state index contributed by atoms with van der Waals surface area (Å²) in [6, 6.07) is 16.6. The van der Waals surface area contributed by atoms with Crippen LogP contribution < -0.4 is 14.8 Å². The van der Waals surface area contributed by atoms with E-state index in [4.69, 9.17) is 14.6 Å². The lowest BCUT2D eigenvalue weighted by molar-refractivity contribution is -0.384. The van der Waals surface area contributed by atoms with Crippen LogP contribution in [0.25, 0.3) is 6.08 Å². The fourth-order valence-corrected chi connectivity index (χ4v) is 3.73. The van der Waals surface area contributed by atoms with Crippen molar-refractivity contribution in [1.29, 1.82) is 5.26 Å². The maximum absolute atomic E-state index is 12.6. The summed E-state index contributed by atoms with van der Waals surface area (Å²) in [5, 5.41) is 31.9. The molecule has 37 heavy (non-hydrogen) atoms. The fourth-order valence-electron chi connectivity index (χ4n) is 3.15. The summed E-state index contributed by atoms with van der Waals surface area (Å²) in [5.41, 5.74) is 1.40. The van der Waals surface area contributed by atoms with E-state index in [0.717, 1.165) is 0 Å². The number of rotatable bonds is 10. The van der Waals surface area contributed by atoms with Gasteiger partial charge in [0.2, 0.25) is 0 Å². The molecule has 0 aliphatic heterocycles. The summed E-state index contributed by atoms with van der Waals surface area (Å²) < 4.78 is 12.1. The summed E-state index contributed by atoms with van der Waals surface area (Å²) in [6.45, 7) is 2.24. The van der Waals surface area contributed by atoms with E-state index in [2.05, 4.69) is 21.2 Å². The van der Waals surface area contributed by atoms with Crippen LogP contribution in [0.2, 0.25) is 0 Å². The lowest BCUT2D eigenvalue weighted by atomic mass is 10.1. The Balaban J connectivity index is 1.80. The van der Waals surface area contributed by atoms with Gasteiger partial charge >= 0.3 is 5.97 Å². The molecule has 0 saturated heterocycles. The van der Waals surface area contributed by atoms with Crippen molar-refractivity contribution in [2.24, 2.45) is 0 Å². The van der Waals surface area contributed by atoms with Crippen LogP contribution >= 0.6 is 15.9 Å². The zero-order chi connectivity index (χ0) is 26.9. The molecule has 11 heteroatoms. The number of aromatic carboxylic acids is 1. The lowest BCUT2D eigenvalue weighted by Crippen LogP contribution is -2.13. The second-order valence-corrected chi connectivity index (χ2v) is 8.34. The molecule has 3 aromatic carbocycles. The van der Waals surface area contributed by atoms with E-state index < -0.39 is 16.8 Å². The van der Waals surface area contributed by atoms with E-state index in [-0.39, 0.29) is 23.4 Å². The topological polar surface area (TPSA) is 152 Å². The molecule has 0 aliphatic rings. The van der Waals surface area contributed by atoms with Gasteiger partial charge in [0.1, 0.15) is 18.2 Å². The van der Waals surface area contributed by atoms with Crippen molar-refractivity contribution in [2.75, 3.05) is 11.9 Å². The first-order valence-corrected chi connectivity index (χ1v) is 11.6. The number of hydrogen-bond acceptors (Lipinski definition) is 7. The molecule has 0 unspecified atom stereocenters. The van der Waals surface area contributed by atoms with Crippen molar-refractivity contribution < 1.29 is 29.1 Å². The summed E-state index contributed by atoms with van der Waals surface area (Å²) >= 11 is 3.44. The SMILES string of the molecule is CCOc1cc(/C=C(\C#N)C(=O)Nc2ccc(C(=O)O)cc2)cc(Br)c1OCc1ccc([N+](=O)[O-])cc1. The number of amides is 1. The van der Waals surface area contributed by atoms with Crippen molar-refractivity contribution in [1.82, 2.24) is 0 Å². The van der Waals surface area contributed by atoms with E-state index in [1.807, 2.05) is 6.07 Å². The van der Waals surface area contributed by atoms with Crippen LogP contribution in [0.15, 0.2) is 70.7 Å². The summed E-state index contributed by atoms with van der Waals surface area (Å²) in [5.74, 6) is -1.00. The smallest absolute Gasteiger partial charge is 0.335 e. The molecule has 188 valence electrons. The van der Waals surface area contributed by atoms with Gasteiger partial charge in [-0.1, -0.05) is 0 Å².